The van der Waals surface area contributed by atoms with Gasteiger partial charge in [0.05, 0.1) is 25.2 Å². The molecule has 0 aliphatic rings. The van der Waals surface area contributed by atoms with Gasteiger partial charge in [0, 0.05) is 6.42 Å². The van der Waals surface area contributed by atoms with E-state index >= 15 is 0 Å². The Balaban J connectivity index is 4.69. The molecule has 0 aliphatic heterocycles. The molecule has 3 N–H and O–H groups in total. The third-order valence-electron chi connectivity index (χ3n) is 12.1. The van der Waals surface area contributed by atoms with E-state index in [0.717, 1.165) is 77.0 Å². The molecule has 6 heteroatoms. The zero-order chi connectivity index (χ0) is 45.9. The maximum Gasteiger partial charge on any atom is 0.306 e. The van der Waals surface area contributed by atoms with Crippen molar-refractivity contribution >= 4 is 11.9 Å². The molecule has 0 saturated heterocycles. The van der Waals surface area contributed by atoms with Gasteiger partial charge in [-0.05, 0) is 89.9 Å². The Bertz CT molecular complexity index is 1130. The molecule has 3 unspecified atom stereocenters. The second-order valence-electron chi connectivity index (χ2n) is 18.3. The molecule has 0 aromatic rings. The topological polar surface area (TPSA) is 95.9 Å². The van der Waals surface area contributed by atoms with Crippen molar-refractivity contribution in [2.45, 2.75) is 283 Å². The van der Waals surface area contributed by atoms with E-state index in [1.165, 1.54) is 135 Å². The van der Waals surface area contributed by atoms with Gasteiger partial charge in [-0.2, -0.15) is 0 Å². The van der Waals surface area contributed by atoms with Gasteiger partial charge in [0.15, 0.2) is 0 Å². The standard InChI is InChI=1S/C57H103NO5/c1-4-7-10-13-16-19-22-24-26-28-30-32-35-38-41-44-47-50-57(62)63-53(48-45-42-39-36-34-31-29-27-25-23-20-17-14-11-8-5-2)51-56(61)58-54(52-59)55(60)49-46-43-40-37-33-21-18-15-12-9-6-3/h16,19,24,26,30-32,34,38,41,53-55,59-60H,4-15,17-18,20-23,25,27-29,33,35-37,39-40,42-52H2,1-3H3,(H,58,61)/b19-16-,26-24-,32-30-,34-31+,41-38-. The summed E-state index contributed by atoms with van der Waals surface area (Å²) >= 11 is 0. The fraction of sp³-hybridized carbons (Fsp3) is 0.789. The van der Waals surface area contributed by atoms with Crippen LogP contribution in [-0.2, 0) is 14.3 Å². The van der Waals surface area contributed by atoms with Crippen LogP contribution in [0.25, 0.3) is 0 Å². The Hall–Kier alpha value is -2.44. The van der Waals surface area contributed by atoms with Crippen LogP contribution in [0.1, 0.15) is 265 Å². The molecule has 0 bridgehead atoms. The molecule has 0 heterocycles. The molecule has 0 spiro atoms. The SMILES string of the molecule is CCCCC/C=C\C/C=C\C/C=C\C/C=C\CCCC(=O)OC(CCCCC/C=C/CCCCCCCCCCC)CC(=O)NC(CO)C(O)CCCCCCCCCCCCC. The van der Waals surface area contributed by atoms with Crippen LogP contribution in [0.15, 0.2) is 60.8 Å². The minimum atomic E-state index is -0.801. The molecule has 63 heavy (non-hydrogen) atoms. The van der Waals surface area contributed by atoms with E-state index in [9.17, 15) is 19.8 Å². The molecular formula is C57H103NO5. The average Bonchev–Trinajstić information content (AvgIpc) is 3.28. The molecule has 3 atom stereocenters. The predicted octanol–water partition coefficient (Wildman–Crippen LogP) is 16.4. The van der Waals surface area contributed by atoms with Gasteiger partial charge in [-0.25, -0.2) is 0 Å². The van der Waals surface area contributed by atoms with Gasteiger partial charge in [-0.3, -0.25) is 9.59 Å². The minimum absolute atomic E-state index is 0.0449. The van der Waals surface area contributed by atoms with Gasteiger partial charge in [-0.1, -0.05) is 223 Å². The fourth-order valence-electron chi connectivity index (χ4n) is 7.95. The number of hydrogen-bond donors (Lipinski definition) is 3. The lowest BCUT2D eigenvalue weighted by Crippen LogP contribution is -2.46. The molecule has 0 aromatic heterocycles. The number of carbonyl (C=O) groups excluding carboxylic acids is 2. The first-order valence-corrected chi connectivity index (χ1v) is 27.0. The third kappa shape index (κ3) is 45.9. The van der Waals surface area contributed by atoms with Crippen LogP contribution in [0, 0.1) is 0 Å². The van der Waals surface area contributed by atoms with Crippen molar-refractivity contribution in [2.75, 3.05) is 6.61 Å². The number of rotatable bonds is 48. The summed E-state index contributed by atoms with van der Waals surface area (Å²) in [6.45, 7) is 6.44. The highest BCUT2D eigenvalue weighted by molar-refractivity contribution is 5.77. The number of ether oxygens (including phenoxy) is 1. The highest BCUT2D eigenvalue weighted by Crippen LogP contribution is 2.17. The van der Waals surface area contributed by atoms with Crippen molar-refractivity contribution in [2.24, 2.45) is 0 Å². The normalized spacial score (nSPS) is 13.7. The summed E-state index contributed by atoms with van der Waals surface area (Å²) in [7, 11) is 0. The van der Waals surface area contributed by atoms with Crippen LogP contribution in [-0.4, -0.2) is 46.9 Å². The van der Waals surface area contributed by atoms with Gasteiger partial charge in [0.25, 0.3) is 0 Å². The number of hydrogen-bond acceptors (Lipinski definition) is 5. The largest absolute Gasteiger partial charge is 0.462 e. The first kappa shape index (κ1) is 60.6. The zero-order valence-corrected chi connectivity index (χ0v) is 41.7. The summed E-state index contributed by atoms with van der Waals surface area (Å²) in [6, 6.07) is -0.718. The highest BCUT2D eigenvalue weighted by Gasteiger charge is 2.24. The second kappa shape index (κ2) is 50.6. The second-order valence-corrected chi connectivity index (χ2v) is 18.3. The van der Waals surface area contributed by atoms with Gasteiger partial charge in [0.1, 0.15) is 6.10 Å². The van der Waals surface area contributed by atoms with Crippen molar-refractivity contribution in [1.82, 2.24) is 5.32 Å². The zero-order valence-electron chi connectivity index (χ0n) is 41.7. The number of unbranched alkanes of at least 4 members (excludes halogenated alkanes) is 26. The van der Waals surface area contributed by atoms with Crippen molar-refractivity contribution in [3.05, 3.63) is 60.8 Å². The first-order chi connectivity index (χ1) is 31.0. The highest BCUT2D eigenvalue weighted by atomic mass is 16.5. The number of aliphatic hydroxyl groups excluding tert-OH is 2. The quantitative estimate of drug-likeness (QED) is 0.0321. The molecule has 1 amide bonds. The lowest BCUT2D eigenvalue weighted by Gasteiger charge is -2.24. The van der Waals surface area contributed by atoms with E-state index in [-0.39, 0.29) is 24.9 Å². The summed E-state index contributed by atoms with van der Waals surface area (Å²) in [5, 5.41) is 23.8. The van der Waals surface area contributed by atoms with E-state index in [4.69, 9.17) is 4.74 Å². The van der Waals surface area contributed by atoms with E-state index in [0.29, 0.717) is 25.7 Å². The van der Waals surface area contributed by atoms with Crippen LogP contribution >= 0.6 is 0 Å². The smallest absolute Gasteiger partial charge is 0.306 e. The van der Waals surface area contributed by atoms with Crippen molar-refractivity contribution in [1.29, 1.82) is 0 Å². The molecule has 366 valence electrons. The number of esters is 1. The monoisotopic (exact) mass is 882 g/mol. The number of aliphatic hydroxyl groups is 2. The molecule has 0 fully saturated rings. The maximum absolute atomic E-state index is 13.2. The van der Waals surface area contributed by atoms with Crippen LogP contribution in [0.3, 0.4) is 0 Å². The Morgan fingerprint density at radius 2 is 0.810 bits per heavy atom. The Kier molecular flexibility index (Phi) is 48.6. The lowest BCUT2D eigenvalue weighted by molar-refractivity contribution is -0.151. The van der Waals surface area contributed by atoms with Crippen molar-refractivity contribution in [3.8, 4) is 0 Å². The Morgan fingerprint density at radius 1 is 0.460 bits per heavy atom. The van der Waals surface area contributed by atoms with E-state index in [1.54, 1.807) is 0 Å². The summed E-state index contributed by atoms with van der Waals surface area (Å²) in [5.41, 5.74) is 0. The fourth-order valence-corrected chi connectivity index (χ4v) is 7.95. The molecule has 0 aromatic carbocycles. The Morgan fingerprint density at radius 3 is 1.29 bits per heavy atom. The van der Waals surface area contributed by atoms with Crippen molar-refractivity contribution < 1.29 is 24.5 Å². The van der Waals surface area contributed by atoms with Crippen molar-refractivity contribution in [3.63, 3.8) is 0 Å². The molecule has 6 nitrogen and oxygen atoms in total. The van der Waals surface area contributed by atoms with E-state index in [1.807, 2.05) is 0 Å². The number of carbonyl (C=O) groups is 2. The van der Waals surface area contributed by atoms with Gasteiger partial charge < -0.3 is 20.3 Å². The van der Waals surface area contributed by atoms with E-state index in [2.05, 4.69) is 86.8 Å². The van der Waals surface area contributed by atoms with Crippen LogP contribution in [0.2, 0.25) is 0 Å². The summed E-state index contributed by atoms with van der Waals surface area (Å²) in [5.74, 6) is -0.552. The van der Waals surface area contributed by atoms with E-state index < -0.39 is 18.2 Å². The maximum atomic E-state index is 13.2. The molecule has 0 saturated carbocycles. The Labute approximate surface area is 390 Å². The summed E-state index contributed by atoms with van der Waals surface area (Å²) < 4.78 is 5.91. The summed E-state index contributed by atoms with van der Waals surface area (Å²) in [4.78, 5) is 26.2. The lowest BCUT2D eigenvalue weighted by atomic mass is 10.0. The number of amides is 1. The summed E-state index contributed by atoms with van der Waals surface area (Å²) in [6.07, 6.45) is 62.8. The molecule has 0 aliphatic carbocycles. The molecule has 0 rings (SSSR count). The van der Waals surface area contributed by atoms with Gasteiger partial charge >= 0.3 is 5.97 Å². The van der Waals surface area contributed by atoms with Crippen LogP contribution < -0.4 is 5.32 Å². The first-order valence-electron chi connectivity index (χ1n) is 27.0. The molecular weight excluding hydrogens is 779 g/mol. The van der Waals surface area contributed by atoms with Crippen LogP contribution in [0.5, 0.6) is 0 Å². The number of nitrogens with one attached hydrogen (secondary N) is 1. The van der Waals surface area contributed by atoms with Gasteiger partial charge in [-0.15, -0.1) is 0 Å². The third-order valence-corrected chi connectivity index (χ3v) is 12.1. The van der Waals surface area contributed by atoms with Gasteiger partial charge in [0.2, 0.25) is 5.91 Å². The number of allylic oxidation sites excluding steroid dienone is 10. The average molecular weight is 882 g/mol. The van der Waals surface area contributed by atoms with Crippen LogP contribution in [0.4, 0.5) is 0 Å². The molecule has 0 radical (unpaired) electrons. The predicted molar refractivity (Wildman–Crippen MR) is 273 cm³/mol. The minimum Gasteiger partial charge on any atom is -0.462 e.